The van der Waals surface area contributed by atoms with Gasteiger partial charge in [-0.1, -0.05) is 28.1 Å². The predicted molar refractivity (Wildman–Crippen MR) is 105 cm³/mol. The fraction of sp³-hybridized carbons (Fsp3) is 0.211. The largest absolute Gasteiger partial charge is 0.451 e. The van der Waals surface area contributed by atoms with Crippen LogP contribution in [0.15, 0.2) is 46.9 Å². The Morgan fingerprint density at radius 3 is 2.73 bits per heavy atom. The van der Waals surface area contributed by atoms with Crippen LogP contribution in [-0.4, -0.2) is 23.8 Å². The van der Waals surface area contributed by atoms with E-state index in [1.54, 1.807) is 25.1 Å². The molecule has 1 aromatic carbocycles. The van der Waals surface area contributed by atoms with Gasteiger partial charge in [-0.05, 0) is 42.8 Å². The molecule has 2 rings (SSSR count). The van der Waals surface area contributed by atoms with Crippen LogP contribution in [0, 0.1) is 0 Å². The maximum absolute atomic E-state index is 12.4. The molecule has 0 aliphatic carbocycles. The molecule has 1 unspecified atom stereocenters. The van der Waals surface area contributed by atoms with E-state index in [0.717, 1.165) is 14.9 Å². The number of rotatable bonds is 7. The van der Waals surface area contributed by atoms with Gasteiger partial charge < -0.3 is 10.1 Å². The topological polar surface area (TPSA) is 72.5 Å². The van der Waals surface area contributed by atoms with Crippen molar-refractivity contribution in [3.8, 4) is 0 Å². The molecule has 1 N–H and O–H groups in total. The Hall–Kier alpha value is -2.25. The Morgan fingerprint density at radius 1 is 1.27 bits per heavy atom. The normalized spacial score (nSPS) is 12.0. The highest BCUT2D eigenvalue weighted by molar-refractivity contribution is 9.10. The van der Waals surface area contributed by atoms with E-state index in [2.05, 4.69) is 21.2 Å². The first kappa shape index (κ1) is 20.1. The summed E-state index contributed by atoms with van der Waals surface area (Å²) in [5.41, 5.74) is 0.844. The number of benzene rings is 1. The maximum Gasteiger partial charge on any atom is 0.331 e. The molecule has 5 nitrogen and oxygen atoms in total. The van der Waals surface area contributed by atoms with E-state index < -0.39 is 12.1 Å². The van der Waals surface area contributed by atoms with Gasteiger partial charge >= 0.3 is 5.97 Å². The van der Waals surface area contributed by atoms with Crippen molar-refractivity contribution in [2.45, 2.75) is 26.5 Å². The zero-order valence-electron chi connectivity index (χ0n) is 14.3. The van der Waals surface area contributed by atoms with E-state index in [-0.39, 0.29) is 11.7 Å². The van der Waals surface area contributed by atoms with Crippen LogP contribution in [0.3, 0.4) is 0 Å². The standard InChI is InChI=1S/C19H18BrNO4S/c1-12(19(24)17-8-7-16(26-17)11-21-13(2)22)25-18(23)9-6-14-4-3-5-15(20)10-14/h3-10,12H,11H2,1-2H3,(H,21,22)/b9-6+. The number of hydrogen-bond donors (Lipinski definition) is 1. The minimum atomic E-state index is -0.887. The molecule has 1 atom stereocenters. The predicted octanol–water partition coefficient (Wildman–Crippen LogP) is 3.97. The summed E-state index contributed by atoms with van der Waals surface area (Å²) in [6.45, 7) is 3.35. The molecule has 0 bridgehead atoms. The van der Waals surface area contributed by atoms with Gasteiger partial charge in [0.25, 0.3) is 0 Å². The van der Waals surface area contributed by atoms with Crippen LogP contribution in [0.2, 0.25) is 0 Å². The molecular formula is C19H18BrNO4S. The van der Waals surface area contributed by atoms with E-state index in [9.17, 15) is 14.4 Å². The third-order valence-electron chi connectivity index (χ3n) is 3.34. The molecule has 1 aromatic heterocycles. The number of Topliss-reactive ketones (excluding diaryl/α,β-unsaturated/α-hetero) is 1. The minimum absolute atomic E-state index is 0.134. The maximum atomic E-state index is 12.4. The van der Waals surface area contributed by atoms with Crippen LogP contribution in [0.1, 0.15) is 34.0 Å². The van der Waals surface area contributed by atoms with Crippen LogP contribution in [0.25, 0.3) is 6.08 Å². The summed E-state index contributed by atoms with van der Waals surface area (Å²) in [6, 6.07) is 10.9. The van der Waals surface area contributed by atoms with E-state index in [4.69, 9.17) is 4.74 Å². The number of carbonyl (C=O) groups is 3. The van der Waals surface area contributed by atoms with Gasteiger partial charge in [0.1, 0.15) is 0 Å². The van der Waals surface area contributed by atoms with E-state index in [0.29, 0.717) is 11.4 Å². The molecule has 0 spiro atoms. The lowest BCUT2D eigenvalue weighted by atomic mass is 10.2. The van der Waals surface area contributed by atoms with Gasteiger partial charge in [-0.15, -0.1) is 11.3 Å². The molecule has 0 fully saturated rings. The van der Waals surface area contributed by atoms with Crippen molar-refractivity contribution < 1.29 is 19.1 Å². The van der Waals surface area contributed by atoms with Gasteiger partial charge in [0.05, 0.1) is 11.4 Å². The molecule has 136 valence electrons. The number of ether oxygens (including phenoxy) is 1. The summed E-state index contributed by atoms with van der Waals surface area (Å²) in [6.07, 6.45) is 2.03. The fourth-order valence-corrected chi connectivity index (χ4v) is 3.44. The van der Waals surface area contributed by atoms with Crippen molar-refractivity contribution in [3.63, 3.8) is 0 Å². The average molecular weight is 436 g/mol. The number of halogens is 1. The van der Waals surface area contributed by atoms with Crippen LogP contribution in [0.5, 0.6) is 0 Å². The summed E-state index contributed by atoms with van der Waals surface area (Å²) in [4.78, 5) is 36.6. The zero-order valence-corrected chi connectivity index (χ0v) is 16.7. The molecule has 2 aromatic rings. The third kappa shape index (κ3) is 6.24. The molecule has 0 aliphatic heterocycles. The number of nitrogens with one attached hydrogen (secondary N) is 1. The Balaban J connectivity index is 1.91. The summed E-state index contributed by atoms with van der Waals surface area (Å²) < 4.78 is 6.08. The lowest BCUT2D eigenvalue weighted by molar-refractivity contribution is -0.140. The SMILES string of the molecule is CC(=O)NCc1ccc(C(=O)C(C)OC(=O)/C=C/c2cccc(Br)c2)s1. The first-order valence-electron chi connectivity index (χ1n) is 7.87. The second-order valence-corrected chi connectivity index (χ2v) is 7.59. The highest BCUT2D eigenvalue weighted by atomic mass is 79.9. The van der Waals surface area contributed by atoms with Crippen molar-refractivity contribution in [2.75, 3.05) is 0 Å². The van der Waals surface area contributed by atoms with Gasteiger partial charge in [0.15, 0.2) is 6.10 Å². The van der Waals surface area contributed by atoms with Gasteiger partial charge in [-0.25, -0.2) is 4.79 Å². The lowest BCUT2D eigenvalue weighted by Gasteiger charge is -2.09. The van der Waals surface area contributed by atoms with E-state index in [1.807, 2.05) is 24.3 Å². The van der Waals surface area contributed by atoms with E-state index >= 15 is 0 Å². The second-order valence-electron chi connectivity index (χ2n) is 5.51. The van der Waals surface area contributed by atoms with Crippen LogP contribution in [-0.2, 0) is 20.9 Å². The smallest absolute Gasteiger partial charge is 0.331 e. The Labute approximate surface area is 164 Å². The number of carbonyl (C=O) groups excluding carboxylic acids is 3. The Morgan fingerprint density at radius 2 is 2.04 bits per heavy atom. The molecule has 1 amide bonds. The molecule has 0 saturated carbocycles. The van der Waals surface area contributed by atoms with Gasteiger partial charge in [0, 0.05) is 22.3 Å². The van der Waals surface area contributed by atoms with Crippen molar-refractivity contribution in [2.24, 2.45) is 0 Å². The highest BCUT2D eigenvalue weighted by Crippen LogP contribution is 2.19. The van der Waals surface area contributed by atoms with Crippen molar-refractivity contribution in [1.29, 1.82) is 0 Å². The van der Waals surface area contributed by atoms with Crippen molar-refractivity contribution >= 4 is 51.0 Å². The minimum Gasteiger partial charge on any atom is -0.451 e. The molecule has 0 aliphatic rings. The van der Waals surface area contributed by atoms with Crippen molar-refractivity contribution in [3.05, 3.63) is 62.3 Å². The summed E-state index contributed by atoms with van der Waals surface area (Å²) in [5.74, 6) is -0.986. The molecule has 0 radical (unpaired) electrons. The number of ketones is 1. The number of amides is 1. The molecule has 7 heteroatoms. The first-order chi connectivity index (χ1) is 12.3. The first-order valence-corrected chi connectivity index (χ1v) is 9.47. The summed E-state index contributed by atoms with van der Waals surface area (Å²) >= 11 is 4.63. The van der Waals surface area contributed by atoms with Crippen LogP contribution in [0.4, 0.5) is 0 Å². The summed E-state index contributed by atoms with van der Waals surface area (Å²) in [7, 11) is 0. The number of esters is 1. The zero-order chi connectivity index (χ0) is 19.1. The number of hydrogen-bond acceptors (Lipinski definition) is 5. The molecular weight excluding hydrogens is 418 g/mol. The quantitative estimate of drug-likeness (QED) is 0.405. The van der Waals surface area contributed by atoms with Crippen LogP contribution >= 0.6 is 27.3 Å². The Kier molecular flexibility index (Phi) is 7.29. The molecule has 26 heavy (non-hydrogen) atoms. The van der Waals surface area contributed by atoms with Crippen LogP contribution < -0.4 is 5.32 Å². The monoisotopic (exact) mass is 435 g/mol. The summed E-state index contributed by atoms with van der Waals surface area (Å²) in [5, 5.41) is 2.67. The van der Waals surface area contributed by atoms with Gasteiger partial charge in [0.2, 0.25) is 11.7 Å². The second kappa shape index (κ2) is 9.45. The average Bonchev–Trinajstić information content (AvgIpc) is 3.06. The van der Waals surface area contributed by atoms with Crippen molar-refractivity contribution in [1.82, 2.24) is 5.32 Å². The lowest BCUT2D eigenvalue weighted by Crippen LogP contribution is -2.22. The Bertz CT molecular complexity index is 844. The number of thiophene rings is 1. The molecule has 1 heterocycles. The highest BCUT2D eigenvalue weighted by Gasteiger charge is 2.20. The third-order valence-corrected chi connectivity index (χ3v) is 4.93. The van der Waals surface area contributed by atoms with Gasteiger partial charge in [-0.3, -0.25) is 9.59 Å². The van der Waals surface area contributed by atoms with Gasteiger partial charge in [-0.2, -0.15) is 0 Å². The van der Waals surface area contributed by atoms with E-state index in [1.165, 1.54) is 24.3 Å². The fourth-order valence-electron chi connectivity index (χ4n) is 2.06. The molecule has 0 saturated heterocycles.